The van der Waals surface area contributed by atoms with Gasteiger partial charge in [-0.25, -0.2) is 0 Å². The van der Waals surface area contributed by atoms with Crippen molar-refractivity contribution < 1.29 is 15.0 Å². The van der Waals surface area contributed by atoms with Gasteiger partial charge in [0.05, 0.1) is 0 Å². The van der Waals surface area contributed by atoms with Crippen molar-refractivity contribution >= 4 is 18.6 Å². The number of carboxylic acid groups (broad SMARTS) is 1. The van der Waals surface area contributed by atoms with E-state index in [0.29, 0.717) is 12.4 Å². The Morgan fingerprint density at radius 2 is 1.04 bits per heavy atom. The van der Waals surface area contributed by atoms with Crippen LogP contribution < -0.4 is 5.32 Å². The van der Waals surface area contributed by atoms with Crippen molar-refractivity contribution in [3.05, 3.63) is 0 Å². The van der Waals surface area contributed by atoms with Gasteiger partial charge in [-0.05, 0) is 19.4 Å². The minimum absolute atomic E-state index is 0.347. The first kappa shape index (κ1) is 25.7. The van der Waals surface area contributed by atoms with Gasteiger partial charge in [-0.15, -0.1) is 0 Å². The van der Waals surface area contributed by atoms with Crippen molar-refractivity contribution in [2.24, 2.45) is 0 Å². The predicted molar refractivity (Wildman–Crippen MR) is 114 cm³/mol. The quantitative estimate of drug-likeness (QED) is 0.161. The molecule has 0 bridgehead atoms. The molecule has 0 rings (SSSR count). The molecule has 0 aliphatic carbocycles. The third kappa shape index (κ3) is 18.5. The van der Waals surface area contributed by atoms with Crippen LogP contribution in [0.5, 0.6) is 0 Å². The Morgan fingerprint density at radius 1 is 0.692 bits per heavy atom. The number of nitrogens with one attached hydrogen (secondary N) is 1. The highest BCUT2D eigenvalue weighted by Crippen LogP contribution is 2.13. The Kier molecular flexibility index (Phi) is 20.8. The second kappa shape index (κ2) is 21.0. The topological polar surface area (TPSA) is 69.6 Å². The van der Waals surface area contributed by atoms with Crippen LogP contribution in [0.2, 0.25) is 0 Å². The molecule has 0 spiro atoms. The number of aliphatic carboxylic acids is 1. The number of hydrogen-bond donors (Lipinski definition) is 4. The van der Waals surface area contributed by atoms with E-state index in [1.54, 1.807) is 0 Å². The average Bonchev–Trinajstić information content (AvgIpc) is 2.63. The monoisotopic (exact) mass is 389 g/mol. The molecule has 0 radical (unpaired) electrons. The lowest BCUT2D eigenvalue weighted by atomic mass is 10.0. The molecule has 0 aliphatic rings. The first-order valence-corrected chi connectivity index (χ1v) is 11.5. The highest BCUT2D eigenvalue weighted by molar-refractivity contribution is 7.80. The van der Waals surface area contributed by atoms with Crippen molar-refractivity contribution in [1.29, 1.82) is 0 Å². The molecule has 0 unspecified atom stereocenters. The summed E-state index contributed by atoms with van der Waals surface area (Å²) in [5.41, 5.74) is 0. The van der Waals surface area contributed by atoms with E-state index in [1.165, 1.54) is 89.9 Å². The summed E-state index contributed by atoms with van der Waals surface area (Å²) in [6.07, 6.45) is 20.6. The molecule has 0 amide bonds. The van der Waals surface area contributed by atoms with Crippen LogP contribution in [0.1, 0.15) is 103 Å². The highest BCUT2D eigenvalue weighted by Gasteiger charge is 2.13. The number of carboxylic acids is 1. The summed E-state index contributed by atoms with van der Waals surface area (Å²) in [5, 5.41) is 20.6. The van der Waals surface area contributed by atoms with Crippen LogP contribution in [0.25, 0.3) is 0 Å². The van der Waals surface area contributed by atoms with Crippen molar-refractivity contribution in [3.63, 3.8) is 0 Å². The molecule has 0 aliphatic heterocycles. The van der Waals surface area contributed by atoms with Crippen molar-refractivity contribution in [1.82, 2.24) is 5.32 Å². The molecule has 0 saturated heterocycles. The molecule has 4 nitrogen and oxygen atoms in total. The molecule has 0 aromatic rings. The number of aliphatic hydroxyl groups is 1. The zero-order chi connectivity index (χ0) is 19.3. The van der Waals surface area contributed by atoms with Crippen LogP contribution >= 0.6 is 12.6 Å². The van der Waals surface area contributed by atoms with Gasteiger partial charge in [0.15, 0.2) is 0 Å². The van der Waals surface area contributed by atoms with E-state index in [4.69, 9.17) is 10.2 Å². The van der Waals surface area contributed by atoms with Crippen LogP contribution in [0.4, 0.5) is 0 Å². The summed E-state index contributed by atoms with van der Waals surface area (Å²) in [7, 11) is 0. The standard InChI is InChI=1S/C21H43NO3S/c23-18-16-14-12-10-8-6-4-2-1-3-5-7-9-11-13-15-17-22-20(19-26)21(24)25/h20,22-23,26H,1-19H2,(H,24,25)/t20-/m0/s1. The summed E-state index contributed by atoms with van der Waals surface area (Å²) in [6.45, 7) is 1.12. The summed E-state index contributed by atoms with van der Waals surface area (Å²) in [5.74, 6) is -0.460. The van der Waals surface area contributed by atoms with Gasteiger partial charge >= 0.3 is 5.97 Å². The second-order valence-corrected chi connectivity index (χ2v) is 7.77. The van der Waals surface area contributed by atoms with E-state index in [1.807, 2.05) is 0 Å². The van der Waals surface area contributed by atoms with E-state index < -0.39 is 12.0 Å². The summed E-state index contributed by atoms with van der Waals surface area (Å²) < 4.78 is 0. The third-order valence-corrected chi connectivity index (χ3v) is 5.32. The van der Waals surface area contributed by atoms with E-state index in [0.717, 1.165) is 19.4 Å². The molecule has 1 atom stereocenters. The van der Waals surface area contributed by atoms with E-state index >= 15 is 0 Å². The van der Waals surface area contributed by atoms with Crippen LogP contribution in [0.3, 0.4) is 0 Å². The lowest BCUT2D eigenvalue weighted by molar-refractivity contribution is -0.138. The Hall–Kier alpha value is -0.260. The minimum atomic E-state index is -0.807. The first-order valence-electron chi connectivity index (χ1n) is 10.9. The molecular formula is C21H43NO3S. The fraction of sp³-hybridized carbons (Fsp3) is 0.952. The molecule has 0 fully saturated rings. The molecule has 3 N–H and O–H groups in total. The van der Waals surface area contributed by atoms with Gasteiger partial charge in [0.25, 0.3) is 0 Å². The average molecular weight is 390 g/mol. The lowest BCUT2D eigenvalue weighted by Crippen LogP contribution is -2.38. The Labute approximate surface area is 166 Å². The van der Waals surface area contributed by atoms with Crippen LogP contribution in [-0.4, -0.2) is 41.1 Å². The molecule has 0 aromatic heterocycles. The maximum absolute atomic E-state index is 10.8. The fourth-order valence-electron chi connectivity index (χ4n) is 3.22. The van der Waals surface area contributed by atoms with Crippen LogP contribution in [0.15, 0.2) is 0 Å². The first-order chi connectivity index (χ1) is 12.7. The minimum Gasteiger partial charge on any atom is -0.480 e. The van der Waals surface area contributed by atoms with Gasteiger partial charge < -0.3 is 15.5 Å². The number of unbranched alkanes of at least 4 members (excludes halogenated alkanes) is 15. The Bertz CT molecular complexity index is 303. The van der Waals surface area contributed by atoms with Gasteiger partial charge in [0.1, 0.15) is 6.04 Å². The maximum atomic E-state index is 10.8. The summed E-state index contributed by atoms with van der Waals surface area (Å²) in [6, 6.07) is -0.510. The van der Waals surface area contributed by atoms with E-state index in [9.17, 15) is 4.79 Å². The van der Waals surface area contributed by atoms with E-state index in [2.05, 4.69) is 17.9 Å². The normalized spacial score (nSPS) is 12.4. The van der Waals surface area contributed by atoms with Crippen molar-refractivity contribution in [2.45, 2.75) is 109 Å². The van der Waals surface area contributed by atoms with Crippen molar-refractivity contribution in [3.8, 4) is 0 Å². The molecule has 0 saturated carbocycles. The molecule has 156 valence electrons. The largest absolute Gasteiger partial charge is 0.480 e. The zero-order valence-corrected chi connectivity index (χ0v) is 17.7. The van der Waals surface area contributed by atoms with Gasteiger partial charge in [0.2, 0.25) is 0 Å². The number of aliphatic hydroxyl groups excluding tert-OH is 1. The fourth-order valence-corrected chi connectivity index (χ4v) is 3.50. The summed E-state index contributed by atoms with van der Waals surface area (Å²) in [4.78, 5) is 10.8. The van der Waals surface area contributed by atoms with Gasteiger partial charge in [-0.3, -0.25) is 4.79 Å². The maximum Gasteiger partial charge on any atom is 0.321 e. The SMILES string of the molecule is O=C(O)[C@H](CS)NCCCCCCCCCCCCCCCCCCO. The smallest absolute Gasteiger partial charge is 0.321 e. The summed E-state index contributed by atoms with van der Waals surface area (Å²) >= 11 is 4.04. The Morgan fingerprint density at radius 3 is 1.35 bits per heavy atom. The van der Waals surface area contributed by atoms with Crippen molar-refractivity contribution in [2.75, 3.05) is 18.9 Å². The number of carbonyl (C=O) groups is 1. The van der Waals surface area contributed by atoms with Gasteiger partial charge in [-0.2, -0.15) is 12.6 Å². The molecule has 0 aromatic carbocycles. The van der Waals surface area contributed by atoms with Crippen LogP contribution in [0, 0.1) is 0 Å². The molecule has 5 heteroatoms. The third-order valence-electron chi connectivity index (χ3n) is 4.96. The van der Waals surface area contributed by atoms with E-state index in [-0.39, 0.29) is 0 Å². The molecule has 26 heavy (non-hydrogen) atoms. The van der Waals surface area contributed by atoms with Gasteiger partial charge in [0, 0.05) is 12.4 Å². The van der Waals surface area contributed by atoms with Gasteiger partial charge in [-0.1, -0.05) is 89.9 Å². The zero-order valence-electron chi connectivity index (χ0n) is 16.8. The lowest BCUT2D eigenvalue weighted by Gasteiger charge is -2.11. The molecular weight excluding hydrogens is 346 g/mol. The number of hydrogen-bond acceptors (Lipinski definition) is 4. The second-order valence-electron chi connectivity index (χ2n) is 7.41. The van der Waals surface area contributed by atoms with Crippen LogP contribution in [-0.2, 0) is 4.79 Å². The predicted octanol–water partition coefficient (Wildman–Crippen LogP) is 5.19. The molecule has 0 heterocycles. The number of rotatable bonds is 21. The highest BCUT2D eigenvalue weighted by atomic mass is 32.1. The Balaban J connectivity index is 3.10. The number of thiol groups is 1.